The highest BCUT2D eigenvalue weighted by atomic mass is 79.9. The Labute approximate surface area is 748 Å². The maximum Gasteiger partial charge on any atom is 0.310 e. The van der Waals surface area contributed by atoms with Crippen molar-refractivity contribution in [2.75, 3.05) is 151 Å². The number of hydrogen-bond acceptors (Lipinski definition) is 23. The third kappa shape index (κ3) is 27.0. The number of esters is 1. The number of aliphatic imine (C=N–C) groups is 1. The lowest BCUT2D eigenvalue weighted by Gasteiger charge is -2.28. The summed E-state index contributed by atoms with van der Waals surface area (Å²) in [5, 5.41) is 38.5. The van der Waals surface area contributed by atoms with E-state index in [1.54, 1.807) is 0 Å². The van der Waals surface area contributed by atoms with Gasteiger partial charge in [0.1, 0.15) is 60.5 Å². The van der Waals surface area contributed by atoms with Gasteiger partial charge in [-0.1, -0.05) is 99.1 Å². The molecule has 26 nitrogen and oxygen atoms in total. The van der Waals surface area contributed by atoms with Gasteiger partial charge in [0.25, 0.3) is 0 Å². The van der Waals surface area contributed by atoms with Gasteiger partial charge in [-0.25, -0.2) is 34.0 Å². The van der Waals surface area contributed by atoms with Crippen molar-refractivity contribution in [1.82, 2.24) is 49.3 Å². The van der Waals surface area contributed by atoms with Crippen molar-refractivity contribution in [3.05, 3.63) is 184 Å². The topological polar surface area (TPSA) is 262 Å². The smallest absolute Gasteiger partial charge is 0.310 e. The van der Waals surface area contributed by atoms with Crippen molar-refractivity contribution in [3.63, 3.8) is 0 Å². The number of nitrogens with zero attached hydrogens (tertiary/aromatic N) is 15. The Morgan fingerprint density at radius 2 is 0.768 bits per heavy atom. The first-order valence-corrected chi connectivity index (χ1v) is 56.1. The van der Waals surface area contributed by atoms with E-state index < -0.39 is 35.4 Å². The molecule has 4 fully saturated rings. The maximum absolute atomic E-state index is 12.1. The zero-order valence-electron chi connectivity index (χ0n) is 75.7. The van der Waals surface area contributed by atoms with Crippen molar-refractivity contribution < 1.29 is 52.9 Å². The van der Waals surface area contributed by atoms with E-state index in [0.29, 0.717) is 59.4 Å². The Hall–Kier alpha value is -9.00. The van der Waals surface area contributed by atoms with E-state index in [-0.39, 0.29) is 12.4 Å². The molecule has 4 aromatic carbocycles. The van der Waals surface area contributed by atoms with Gasteiger partial charge < -0.3 is 67.7 Å². The number of aliphatic hydroxyl groups is 2. The van der Waals surface area contributed by atoms with Crippen molar-refractivity contribution in [2.24, 2.45) is 4.99 Å². The molecule has 0 amide bonds. The first-order chi connectivity index (χ1) is 59.8. The third-order valence-corrected chi connectivity index (χ3v) is 27.8. The van der Waals surface area contributed by atoms with Crippen LogP contribution in [0.1, 0.15) is 68.0 Å². The van der Waals surface area contributed by atoms with Crippen LogP contribution in [0.25, 0.3) is 66.5 Å². The molecule has 5 aliphatic heterocycles. The second-order valence-corrected chi connectivity index (χ2v) is 55.4. The molecule has 0 spiro atoms. The first kappa shape index (κ1) is 93.6. The molecule has 125 heavy (non-hydrogen) atoms. The lowest BCUT2D eigenvalue weighted by Crippen LogP contribution is -2.36. The summed E-state index contributed by atoms with van der Waals surface area (Å²) in [5.74, 6) is 3.59. The first-order valence-electron chi connectivity index (χ1n) is 44.1. The number of morpholine rings is 4. The van der Waals surface area contributed by atoms with Gasteiger partial charge in [0, 0.05) is 182 Å². The third-order valence-electron chi connectivity index (χ3n) is 22.2. The van der Waals surface area contributed by atoms with Crippen molar-refractivity contribution in [1.29, 1.82) is 0 Å². The van der Waals surface area contributed by atoms with Crippen LogP contribution in [0.5, 0.6) is 0 Å². The molecule has 0 atom stereocenters. The van der Waals surface area contributed by atoms with Gasteiger partial charge in [-0.15, -0.1) is 0 Å². The number of ether oxygens (including phenoxy) is 8. The van der Waals surface area contributed by atoms with Crippen LogP contribution in [-0.2, 0) is 88.7 Å². The molecule has 5 aliphatic rings. The van der Waals surface area contributed by atoms with Gasteiger partial charge in [0.15, 0.2) is 0 Å². The molecule has 0 radical (unpaired) electrons. The summed E-state index contributed by atoms with van der Waals surface area (Å²) in [6.07, 6.45) is 8.86. The molecule has 4 saturated heterocycles. The molecule has 0 bridgehead atoms. The van der Waals surface area contributed by atoms with Crippen molar-refractivity contribution >= 4 is 108 Å². The molecule has 668 valence electrons. The molecule has 0 unspecified atom stereocenters. The van der Waals surface area contributed by atoms with Crippen LogP contribution >= 0.6 is 15.9 Å². The van der Waals surface area contributed by atoms with Gasteiger partial charge in [-0.2, -0.15) is 15.3 Å². The van der Waals surface area contributed by atoms with E-state index in [1.807, 2.05) is 116 Å². The normalized spacial score (nSPS) is 15.4. The molecule has 7 aromatic heterocycles. The van der Waals surface area contributed by atoms with Gasteiger partial charge in [-0.3, -0.25) is 9.79 Å². The highest BCUT2D eigenvalue weighted by Gasteiger charge is 2.27. The molecule has 0 aliphatic carbocycles. The van der Waals surface area contributed by atoms with Crippen LogP contribution in [0.15, 0.2) is 156 Å². The second-order valence-electron chi connectivity index (χ2n) is 37.6. The number of carbonyl (C=O) groups excluding carboxylic acids is 1. The number of pyridine rings is 4. The predicted octanol–water partition coefficient (Wildman–Crippen LogP) is 16.5. The lowest BCUT2D eigenvalue weighted by atomic mass is 9.93. The summed E-state index contributed by atoms with van der Waals surface area (Å²) < 4.78 is 52.0. The summed E-state index contributed by atoms with van der Waals surface area (Å²) in [4.78, 5) is 44.2. The Balaban J connectivity index is 0.000000144. The average molecular weight is 1820 g/mol. The van der Waals surface area contributed by atoms with E-state index in [4.69, 9.17) is 58.2 Å². The monoisotopic (exact) mass is 1820 g/mol. The van der Waals surface area contributed by atoms with E-state index in [1.165, 1.54) is 11.1 Å². The number of aromatic nitrogens is 10. The van der Waals surface area contributed by atoms with E-state index in [2.05, 4.69) is 193 Å². The summed E-state index contributed by atoms with van der Waals surface area (Å²) in [7, 11) is -3.43. The molecule has 11 aromatic rings. The summed E-state index contributed by atoms with van der Waals surface area (Å²) >= 11 is 3.61. The predicted molar refractivity (Wildman–Crippen MR) is 511 cm³/mol. The largest absolute Gasteiger partial charge is 0.466 e. The molecular weight excluding hydrogens is 1690 g/mol. The number of fused-ring (bicyclic) bond motifs is 4. The van der Waals surface area contributed by atoms with Gasteiger partial charge in [0.05, 0.1) is 106 Å². The highest BCUT2D eigenvalue weighted by Crippen LogP contribution is 2.37. The summed E-state index contributed by atoms with van der Waals surface area (Å²) in [6, 6.07) is 45.0. The van der Waals surface area contributed by atoms with E-state index in [9.17, 15) is 15.0 Å². The van der Waals surface area contributed by atoms with Crippen LogP contribution in [0.2, 0.25) is 77.1 Å². The zero-order valence-corrected chi connectivity index (χ0v) is 80.3. The molecular formula is C95H128BrN15O11Si3. The Morgan fingerprint density at radius 3 is 1.14 bits per heavy atom. The van der Waals surface area contributed by atoms with Crippen LogP contribution in [0, 0.1) is 0 Å². The number of halogens is 1. The number of rotatable bonds is 30. The van der Waals surface area contributed by atoms with Crippen LogP contribution < -0.4 is 19.6 Å². The molecule has 0 saturated carbocycles. The minimum Gasteiger partial charge on any atom is -0.466 e. The van der Waals surface area contributed by atoms with Gasteiger partial charge in [0.2, 0.25) is 0 Å². The fourth-order valence-electron chi connectivity index (χ4n) is 15.4. The van der Waals surface area contributed by atoms with Gasteiger partial charge in [-0.05, 0) is 172 Å². The SMILES string of the molecule is CC(C)(O)Cc1ccc2c(c1)C(c1ccnc(N3CCOCC3)c1)=NC2.CC(C)(O)Cc1ccc2c(c1)c(-c1ccnc(N3CCOCC3)c1)nn2COCC[Si](C)(C)C.CCOC(=O)Cc1ccc2c(c1)c(-c1ccnc(N3CCOCC3)c1)nn2COCC[Si](C)(C)C.C[Si](C)(C)CCOCn1nc(-c2ccnc(N3CCOCC3)c2)c2cc(Br)ccc21. The second kappa shape index (κ2) is 42.7. The standard InChI is InChI=1S/C26H36N4O4Si.C26H38N4O3Si.C22H29BrN4O2Si.C21H25N3O2/c1-5-34-25(31)17-20-6-7-23-22(16-20)26(28-30(23)19-33-14-15-35(2,3)4)21-8-9-27-24(18-21)29-10-12-32-13-11-29;1-26(2,31)18-20-6-7-23-22(16-20)25(28-30(23)19-33-14-15-34(3,4)5)21-8-9-27-24(17-21)29-10-12-32-13-11-29;1-30(2,3)13-12-29-16-27-20-5-4-18(23)15-19(20)22(25-27)17-6-7-24-21(14-17)26-8-10-28-11-9-26;1-21(2,25)13-15-3-4-17-14-23-20(18(17)11-15)16-5-6-22-19(12-16)24-7-9-26-10-8-24/h6-9,16,18H,5,10-15,17,19H2,1-4H3;6-9,16-17,31H,10-15,18-19H2,1-5H3;4-7,14-15H,8-13,16H2,1-3H3;3-6,11-12,25H,7-10,13-14H2,1-2H3. The zero-order chi connectivity index (χ0) is 88.5. The Bertz CT molecular complexity index is 5430. The minimum atomic E-state index is -1.17. The fourth-order valence-corrected chi connectivity index (χ4v) is 18.1. The number of hydrogen-bond donors (Lipinski definition) is 2. The average Bonchev–Trinajstić information content (AvgIpc) is 1.65. The van der Waals surface area contributed by atoms with E-state index in [0.717, 1.165) is 252 Å². The Morgan fingerprint density at radius 1 is 0.432 bits per heavy atom. The van der Waals surface area contributed by atoms with E-state index >= 15 is 0 Å². The highest BCUT2D eigenvalue weighted by molar-refractivity contribution is 9.10. The van der Waals surface area contributed by atoms with Crippen molar-refractivity contribution in [3.8, 4) is 33.8 Å². The molecule has 16 rings (SSSR count). The Kier molecular flexibility index (Phi) is 32.0. The molecule has 12 heterocycles. The molecule has 2 N–H and O–H groups in total. The maximum atomic E-state index is 12.1. The summed E-state index contributed by atoms with van der Waals surface area (Å²) in [6.45, 7) is 47.6. The van der Waals surface area contributed by atoms with Crippen molar-refractivity contribution in [2.45, 2.75) is 169 Å². The number of carbonyl (C=O) groups is 1. The quantitative estimate of drug-likeness (QED) is 0.0241. The fraction of sp³-hybridized carbons (Fsp3) is 0.484. The summed E-state index contributed by atoms with van der Waals surface area (Å²) in [5.41, 5.74) is 15.1. The van der Waals surface area contributed by atoms with Crippen LogP contribution in [0.4, 0.5) is 23.3 Å². The molecule has 30 heteroatoms. The minimum absolute atomic E-state index is 0.228. The van der Waals surface area contributed by atoms with Gasteiger partial charge >= 0.3 is 5.97 Å². The number of anilines is 4. The van der Waals surface area contributed by atoms with Crippen LogP contribution in [0.3, 0.4) is 0 Å². The van der Waals surface area contributed by atoms with Crippen LogP contribution in [-0.4, -0.2) is 238 Å². The number of benzene rings is 4. The lowest BCUT2D eigenvalue weighted by molar-refractivity contribution is -0.142.